The number of aliphatic hydroxyl groups excluding tert-OH is 1. The molecule has 2 aliphatic heterocycles. The number of esters is 4. The minimum atomic E-state index is -1.08. The third-order valence-electron chi connectivity index (χ3n) is 12.9. The first kappa shape index (κ1) is 33.0. The van der Waals surface area contributed by atoms with Crippen LogP contribution in [0.5, 0.6) is 0 Å². The lowest BCUT2D eigenvalue weighted by Gasteiger charge is -2.46. The number of ether oxygens (including phenoxy) is 4. The Kier molecular flexibility index (Phi) is 8.34. The lowest BCUT2D eigenvalue weighted by atomic mass is 9.55. The summed E-state index contributed by atoms with van der Waals surface area (Å²) in [6.07, 6.45) is 1.93. The van der Waals surface area contributed by atoms with Crippen LogP contribution < -0.4 is 0 Å². The summed E-state index contributed by atoms with van der Waals surface area (Å²) in [5, 5.41) is 9.65. The van der Waals surface area contributed by atoms with Crippen molar-refractivity contribution in [2.45, 2.75) is 118 Å². The van der Waals surface area contributed by atoms with Crippen molar-refractivity contribution >= 4 is 23.9 Å². The van der Waals surface area contributed by atoms with Crippen molar-refractivity contribution in [2.75, 3.05) is 6.61 Å². The fraction of sp³-hybridized carbons (Fsp3) is 0.730. The van der Waals surface area contributed by atoms with Crippen LogP contribution in [0.15, 0.2) is 34.4 Å². The SMILES string of the molecule is C=C1C(=O)OC2CC(C)C34CC5(C(=O)OC6CC(C)=C(C(C)CCCO)C(OC(=O)C(C)CC)C65)C(C(C)=C3CC12)C4OC(C)=O. The predicted molar refractivity (Wildman–Crippen MR) is 168 cm³/mol. The number of hydrogen-bond acceptors (Lipinski definition) is 9. The fourth-order valence-electron chi connectivity index (χ4n) is 10.7. The minimum Gasteiger partial charge on any atom is -0.461 e. The number of aliphatic hydroxyl groups is 1. The normalized spacial score (nSPS) is 40.7. The highest BCUT2D eigenvalue weighted by Crippen LogP contribution is 2.76. The molecule has 4 fully saturated rings. The van der Waals surface area contributed by atoms with Gasteiger partial charge in [0.15, 0.2) is 0 Å². The van der Waals surface area contributed by atoms with Gasteiger partial charge in [0.05, 0.1) is 17.3 Å². The van der Waals surface area contributed by atoms with Crippen molar-refractivity contribution in [1.29, 1.82) is 0 Å². The Morgan fingerprint density at radius 1 is 1.09 bits per heavy atom. The Bertz CT molecular complexity index is 1420. The summed E-state index contributed by atoms with van der Waals surface area (Å²) in [5.41, 5.74) is 2.93. The van der Waals surface area contributed by atoms with Gasteiger partial charge in [0.1, 0.15) is 24.4 Å². The van der Waals surface area contributed by atoms with Crippen LogP contribution >= 0.6 is 0 Å². The molecule has 0 aromatic carbocycles. The van der Waals surface area contributed by atoms with E-state index >= 15 is 0 Å². The third kappa shape index (κ3) is 4.50. The van der Waals surface area contributed by atoms with Gasteiger partial charge in [-0.2, -0.15) is 0 Å². The summed E-state index contributed by atoms with van der Waals surface area (Å²) in [7, 11) is 0. The molecule has 0 radical (unpaired) electrons. The maximum Gasteiger partial charge on any atom is 0.334 e. The minimum absolute atomic E-state index is 0.0145. The topological polar surface area (TPSA) is 125 Å². The largest absolute Gasteiger partial charge is 0.461 e. The molecule has 2 spiro atoms. The van der Waals surface area contributed by atoms with Crippen LogP contribution in [0.3, 0.4) is 0 Å². The van der Waals surface area contributed by atoms with Crippen LogP contribution in [0, 0.1) is 46.3 Å². The maximum absolute atomic E-state index is 14.6. The molecule has 9 heteroatoms. The van der Waals surface area contributed by atoms with E-state index < -0.39 is 46.9 Å². The second kappa shape index (κ2) is 11.6. The van der Waals surface area contributed by atoms with Crippen molar-refractivity contribution in [3.05, 3.63) is 34.4 Å². The van der Waals surface area contributed by atoms with Gasteiger partial charge in [-0.25, -0.2) is 4.79 Å². The quantitative estimate of drug-likeness (QED) is 0.161. The molecule has 2 heterocycles. The summed E-state index contributed by atoms with van der Waals surface area (Å²) < 4.78 is 25.0. The van der Waals surface area contributed by atoms with E-state index in [1.807, 2.05) is 27.7 Å². The van der Waals surface area contributed by atoms with Crippen molar-refractivity contribution in [3.8, 4) is 0 Å². The average molecular weight is 639 g/mol. The summed E-state index contributed by atoms with van der Waals surface area (Å²) in [6.45, 7) is 17.7. The van der Waals surface area contributed by atoms with Gasteiger partial charge in [0.2, 0.25) is 0 Å². The Balaban J connectivity index is 1.52. The first-order valence-corrected chi connectivity index (χ1v) is 17.2. The van der Waals surface area contributed by atoms with E-state index in [0.717, 1.165) is 22.3 Å². The van der Waals surface area contributed by atoms with Gasteiger partial charge in [0, 0.05) is 42.8 Å². The van der Waals surface area contributed by atoms with E-state index in [2.05, 4.69) is 20.4 Å². The van der Waals surface area contributed by atoms with Gasteiger partial charge < -0.3 is 24.1 Å². The summed E-state index contributed by atoms with van der Waals surface area (Å²) in [5.74, 6) is -2.86. The van der Waals surface area contributed by atoms with Gasteiger partial charge in [-0.3, -0.25) is 14.4 Å². The van der Waals surface area contributed by atoms with E-state index in [4.69, 9.17) is 18.9 Å². The predicted octanol–water partition coefficient (Wildman–Crippen LogP) is 5.40. The van der Waals surface area contributed by atoms with Gasteiger partial charge in [-0.15, -0.1) is 0 Å². The smallest absolute Gasteiger partial charge is 0.334 e. The summed E-state index contributed by atoms with van der Waals surface area (Å²) in [6, 6.07) is 0. The van der Waals surface area contributed by atoms with Crippen molar-refractivity contribution in [1.82, 2.24) is 0 Å². The molecule has 6 aliphatic rings. The van der Waals surface area contributed by atoms with Gasteiger partial charge in [-0.05, 0) is 69.8 Å². The Morgan fingerprint density at radius 3 is 2.46 bits per heavy atom. The monoisotopic (exact) mass is 638 g/mol. The van der Waals surface area contributed by atoms with Crippen LogP contribution in [0.1, 0.15) is 93.4 Å². The molecular formula is C37H50O9. The first-order valence-electron chi connectivity index (χ1n) is 17.2. The molecule has 2 saturated carbocycles. The second-order valence-electron chi connectivity index (χ2n) is 15.2. The molecule has 4 aliphatic carbocycles. The maximum atomic E-state index is 14.6. The zero-order valence-corrected chi connectivity index (χ0v) is 28.4. The van der Waals surface area contributed by atoms with Crippen LogP contribution in [0.2, 0.25) is 0 Å². The van der Waals surface area contributed by atoms with Gasteiger partial charge >= 0.3 is 23.9 Å². The highest BCUT2D eigenvalue weighted by atomic mass is 16.6. The van der Waals surface area contributed by atoms with E-state index in [0.29, 0.717) is 50.5 Å². The molecule has 46 heavy (non-hydrogen) atoms. The fourth-order valence-corrected chi connectivity index (χ4v) is 10.7. The lowest BCUT2D eigenvalue weighted by molar-refractivity contribution is -0.160. The zero-order chi connectivity index (χ0) is 33.5. The molecule has 0 amide bonds. The van der Waals surface area contributed by atoms with E-state index in [-0.39, 0.29) is 54.3 Å². The number of hydrogen-bond donors (Lipinski definition) is 1. The van der Waals surface area contributed by atoms with Crippen LogP contribution in [0.4, 0.5) is 0 Å². The molecule has 0 aromatic heterocycles. The number of fused-ring (bicyclic) bond motifs is 5. The molecule has 6 rings (SSSR count). The van der Waals surface area contributed by atoms with Crippen LogP contribution in [0.25, 0.3) is 0 Å². The number of carbonyl (C=O) groups is 4. The zero-order valence-electron chi connectivity index (χ0n) is 28.4. The Labute approximate surface area is 272 Å². The average Bonchev–Trinajstić information content (AvgIpc) is 3.58. The molecular weight excluding hydrogens is 588 g/mol. The Hall–Kier alpha value is -2.94. The second-order valence-corrected chi connectivity index (χ2v) is 15.2. The Morgan fingerprint density at radius 2 is 1.80 bits per heavy atom. The van der Waals surface area contributed by atoms with Crippen molar-refractivity contribution in [2.24, 2.45) is 46.3 Å². The molecule has 9 nitrogen and oxygen atoms in total. The highest BCUT2D eigenvalue weighted by molar-refractivity contribution is 5.91. The molecule has 0 aromatic rings. The number of rotatable bonds is 8. The molecule has 1 N–H and O–H groups in total. The van der Waals surface area contributed by atoms with Crippen LogP contribution in [-0.2, 0) is 38.1 Å². The van der Waals surface area contributed by atoms with Crippen LogP contribution in [-0.4, -0.2) is 60.0 Å². The highest BCUT2D eigenvalue weighted by Gasteiger charge is 2.80. The van der Waals surface area contributed by atoms with Crippen molar-refractivity contribution in [3.63, 3.8) is 0 Å². The molecule has 2 bridgehead atoms. The van der Waals surface area contributed by atoms with Crippen molar-refractivity contribution < 1.29 is 43.2 Å². The number of carbonyl (C=O) groups excluding carboxylic acids is 4. The summed E-state index contributed by atoms with van der Waals surface area (Å²) in [4.78, 5) is 53.6. The van der Waals surface area contributed by atoms with E-state index in [1.54, 1.807) is 0 Å². The molecule has 252 valence electrons. The van der Waals surface area contributed by atoms with E-state index in [1.165, 1.54) is 6.92 Å². The van der Waals surface area contributed by atoms with E-state index in [9.17, 15) is 24.3 Å². The van der Waals surface area contributed by atoms with Gasteiger partial charge in [-0.1, -0.05) is 51.0 Å². The lowest BCUT2D eigenvalue weighted by Crippen LogP contribution is -2.51. The standard InChI is InChI=1S/C37H50O9/c1-9-17(2)33(40)46-31-28(18(3)11-10-12-38)19(4)13-27-30(31)37(35(42)45-27)16-36-20(5)14-26-24(21(6)34(41)44-26)15-25(36)22(7)29(37)32(36)43-23(8)39/h17-18,20,24,26-27,29-32,38H,6,9-16H2,1-5,7-8H3. The molecule has 12 atom stereocenters. The first-order chi connectivity index (χ1) is 21.7. The third-order valence-corrected chi connectivity index (χ3v) is 12.9. The van der Waals surface area contributed by atoms with Gasteiger partial charge in [0.25, 0.3) is 0 Å². The molecule has 2 saturated heterocycles. The summed E-state index contributed by atoms with van der Waals surface area (Å²) >= 11 is 0. The molecule has 12 unspecified atom stereocenters.